The fraction of sp³-hybridized carbons (Fsp3) is 0.467. The van der Waals surface area contributed by atoms with Crippen LogP contribution in [0, 0.1) is 11.8 Å². The van der Waals surface area contributed by atoms with E-state index < -0.39 is 12.1 Å². The molecule has 0 atom stereocenters. The number of anilines is 1. The van der Waals surface area contributed by atoms with Crippen LogP contribution in [-0.2, 0) is 9.53 Å². The predicted octanol–water partition coefficient (Wildman–Crippen LogP) is 2.49. The maximum Gasteiger partial charge on any atom is 0.471 e. The molecule has 0 radical (unpaired) electrons. The lowest BCUT2D eigenvalue weighted by Crippen LogP contribution is -2.59. The number of hydrogen-bond acceptors (Lipinski definition) is 7. The number of carbonyl (C=O) groups excluding carboxylic acids is 2. The Morgan fingerprint density at radius 1 is 1.09 bits per heavy atom. The second-order valence-electron chi connectivity index (χ2n) is 11.8. The van der Waals surface area contributed by atoms with Gasteiger partial charge in [-0.05, 0) is 56.6 Å². The largest absolute Gasteiger partial charge is 0.491 e. The van der Waals surface area contributed by atoms with Crippen molar-refractivity contribution in [2.24, 2.45) is 16.9 Å². The first-order valence-corrected chi connectivity index (χ1v) is 14.8. The standard InChI is InChI=1S/C30H30F3N7O4/c31-30(32,33)29(42)38-15-22(16-38)44-21-6-4-18(5-7-21)13-39-14-20-10-25(26(11-24(20)37-39)43-17-19-2-3-19)36-28(41)23-12-35-40-9-1-8-34-27(23)40/h1,8-14,18-19,21-22H,2-7,15-17H2/p+1/b39-13+. The van der Waals surface area contributed by atoms with Crippen molar-refractivity contribution in [3.05, 3.63) is 52.9 Å². The molecule has 44 heavy (non-hydrogen) atoms. The molecule has 0 spiro atoms. The minimum atomic E-state index is -4.84. The zero-order valence-electron chi connectivity index (χ0n) is 23.7. The summed E-state index contributed by atoms with van der Waals surface area (Å²) < 4.78 is 53.2. The van der Waals surface area contributed by atoms with Crippen LogP contribution < -0.4 is 20.6 Å². The molecule has 14 heteroatoms. The second-order valence-corrected chi connectivity index (χ2v) is 11.8. The fourth-order valence-corrected chi connectivity index (χ4v) is 5.77. The Bertz CT molecular complexity index is 1750. The summed E-state index contributed by atoms with van der Waals surface area (Å²) >= 11 is 0. The molecule has 2 saturated carbocycles. The molecule has 4 aliphatic rings. The van der Waals surface area contributed by atoms with Crippen molar-refractivity contribution in [1.29, 1.82) is 0 Å². The van der Waals surface area contributed by atoms with Gasteiger partial charge < -0.3 is 19.7 Å². The Labute approximate surface area is 249 Å². The van der Waals surface area contributed by atoms with Gasteiger partial charge in [-0.1, -0.05) is 4.68 Å². The molecule has 0 bridgehead atoms. The molecule has 2 aliphatic carbocycles. The third-order valence-corrected chi connectivity index (χ3v) is 8.41. The highest BCUT2D eigenvalue weighted by Gasteiger charge is 2.47. The Morgan fingerprint density at radius 3 is 2.64 bits per heavy atom. The number of benzene rings is 1. The molecule has 3 aromatic rings. The van der Waals surface area contributed by atoms with E-state index in [9.17, 15) is 22.8 Å². The number of nitrogens with one attached hydrogen (secondary N) is 1. The van der Waals surface area contributed by atoms with Crippen LogP contribution in [0.4, 0.5) is 18.9 Å². The van der Waals surface area contributed by atoms with E-state index >= 15 is 0 Å². The maximum absolute atomic E-state index is 13.2. The quantitative estimate of drug-likeness (QED) is 0.393. The molecule has 3 fully saturated rings. The number of rotatable bonds is 8. The maximum atomic E-state index is 13.2. The van der Waals surface area contributed by atoms with Gasteiger partial charge in [0.05, 0.1) is 35.9 Å². The lowest BCUT2D eigenvalue weighted by atomic mass is 9.88. The molecular formula is C30H31F3N7O4+. The number of alkyl halides is 3. The van der Waals surface area contributed by atoms with Crippen molar-refractivity contribution < 1.29 is 36.9 Å². The summed E-state index contributed by atoms with van der Waals surface area (Å²) in [5.41, 5.74) is 1.36. The Kier molecular flexibility index (Phi) is 7.31. The first kappa shape index (κ1) is 28.4. The fourth-order valence-electron chi connectivity index (χ4n) is 5.77. The topological polar surface area (TPSA) is 113 Å². The Hall–Kier alpha value is -4.33. The van der Waals surface area contributed by atoms with Crippen molar-refractivity contribution in [3.63, 3.8) is 0 Å². The number of aromatic nitrogens is 3. The monoisotopic (exact) mass is 610 g/mol. The Morgan fingerprint density at radius 2 is 1.89 bits per heavy atom. The highest BCUT2D eigenvalue weighted by Crippen LogP contribution is 2.32. The summed E-state index contributed by atoms with van der Waals surface area (Å²) in [6.45, 7) is 0.534. The summed E-state index contributed by atoms with van der Waals surface area (Å²) in [5, 5.41) is 13.5. The third kappa shape index (κ3) is 6.03. The second kappa shape index (κ2) is 11.3. The van der Waals surface area contributed by atoms with Gasteiger partial charge in [0, 0.05) is 42.6 Å². The van der Waals surface area contributed by atoms with Gasteiger partial charge in [0.1, 0.15) is 16.7 Å². The normalized spacial score (nSPS) is 22.7. The first-order chi connectivity index (χ1) is 21.2. The molecule has 1 saturated heterocycles. The van der Waals surface area contributed by atoms with E-state index in [4.69, 9.17) is 14.6 Å². The first-order valence-electron chi connectivity index (χ1n) is 14.8. The van der Waals surface area contributed by atoms with E-state index in [-0.39, 0.29) is 37.1 Å². The molecule has 1 N–H and O–H groups in total. The summed E-state index contributed by atoms with van der Waals surface area (Å²) in [6, 6.07) is 5.45. The lowest BCUT2D eigenvalue weighted by molar-refractivity contribution is -0.424. The van der Waals surface area contributed by atoms with Gasteiger partial charge in [-0.2, -0.15) is 18.3 Å². The van der Waals surface area contributed by atoms with E-state index in [0.717, 1.165) is 54.0 Å². The van der Waals surface area contributed by atoms with E-state index in [0.29, 0.717) is 35.2 Å². The van der Waals surface area contributed by atoms with Gasteiger partial charge in [-0.15, -0.1) is 0 Å². The number of carbonyl (C=O) groups is 2. The van der Waals surface area contributed by atoms with Crippen molar-refractivity contribution in [3.8, 4) is 5.75 Å². The summed E-state index contributed by atoms with van der Waals surface area (Å²) in [7, 11) is 0. The van der Waals surface area contributed by atoms with Crippen LogP contribution in [0.2, 0.25) is 0 Å². The van der Waals surface area contributed by atoms with Crippen molar-refractivity contribution in [2.45, 2.75) is 56.9 Å². The summed E-state index contributed by atoms with van der Waals surface area (Å²) in [5.74, 6) is -0.816. The highest BCUT2D eigenvalue weighted by molar-refractivity contribution is 6.08. The molecule has 7 rings (SSSR count). The molecule has 2 aliphatic heterocycles. The predicted molar refractivity (Wildman–Crippen MR) is 150 cm³/mol. The number of ether oxygens (including phenoxy) is 2. The molecule has 0 unspecified atom stereocenters. The SMILES string of the molecule is O=C(Nc1cc2c(cc1OCC1CC1)=N/[N+](=C/C1CCC(OC3CN(C(=O)C(F)(F)F)C3)CC1)C=2)c1cnn2cccnc12. The van der Waals surface area contributed by atoms with Crippen LogP contribution in [0.5, 0.6) is 5.75 Å². The molecule has 4 heterocycles. The van der Waals surface area contributed by atoms with E-state index in [1.807, 2.05) is 18.3 Å². The van der Waals surface area contributed by atoms with Gasteiger partial charge in [0.2, 0.25) is 6.20 Å². The van der Waals surface area contributed by atoms with Crippen LogP contribution >= 0.6 is 0 Å². The number of amides is 2. The van der Waals surface area contributed by atoms with Crippen LogP contribution in [0.15, 0.2) is 41.9 Å². The average molecular weight is 611 g/mol. The van der Waals surface area contributed by atoms with E-state index in [2.05, 4.69) is 21.6 Å². The van der Waals surface area contributed by atoms with Gasteiger partial charge in [-0.25, -0.2) is 9.50 Å². The molecule has 2 aromatic heterocycles. The highest BCUT2D eigenvalue weighted by atomic mass is 19.4. The van der Waals surface area contributed by atoms with Gasteiger partial charge in [0.15, 0.2) is 11.9 Å². The van der Waals surface area contributed by atoms with Gasteiger partial charge in [-0.3, -0.25) is 9.59 Å². The van der Waals surface area contributed by atoms with Crippen molar-refractivity contribution in [1.82, 2.24) is 19.5 Å². The zero-order valence-corrected chi connectivity index (χ0v) is 23.7. The number of likely N-dealkylation sites (tertiary alicyclic amines) is 1. The number of fused-ring (bicyclic) bond motifs is 2. The van der Waals surface area contributed by atoms with E-state index in [1.165, 1.54) is 6.20 Å². The average Bonchev–Trinajstić information content (AvgIpc) is 3.57. The molecule has 2 amide bonds. The van der Waals surface area contributed by atoms with Gasteiger partial charge >= 0.3 is 12.1 Å². The molecule has 11 nitrogen and oxygen atoms in total. The van der Waals surface area contributed by atoms with Crippen LogP contribution in [0.1, 0.15) is 48.9 Å². The lowest BCUT2D eigenvalue weighted by Gasteiger charge is -2.41. The Balaban J connectivity index is 1.01. The third-order valence-electron chi connectivity index (χ3n) is 8.41. The van der Waals surface area contributed by atoms with E-state index in [1.54, 1.807) is 27.7 Å². The van der Waals surface area contributed by atoms with Crippen LogP contribution in [-0.4, -0.2) is 80.3 Å². The summed E-state index contributed by atoms with van der Waals surface area (Å²) in [4.78, 5) is 29.6. The minimum Gasteiger partial charge on any atom is -0.491 e. The van der Waals surface area contributed by atoms with Gasteiger partial charge in [0.25, 0.3) is 5.91 Å². The molecular weight excluding hydrogens is 579 g/mol. The van der Waals surface area contributed by atoms with Crippen LogP contribution in [0.25, 0.3) is 11.8 Å². The van der Waals surface area contributed by atoms with Crippen molar-refractivity contribution >= 4 is 35.6 Å². The van der Waals surface area contributed by atoms with Crippen molar-refractivity contribution in [2.75, 3.05) is 25.0 Å². The smallest absolute Gasteiger partial charge is 0.471 e. The number of nitrogens with zero attached hydrogens (tertiary/aromatic N) is 6. The van der Waals surface area contributed by atoms with Crippen LogP contribution in [0.3, 0.4) is 0 Å². The number of halogens is 3. The molecule has 230 valence electrons. The summed E-state index contributed by atoms with van der Waals surface area (Å²) in [6.07, 6.45) is 9.10. The zero-order chi connectivity index (χ0) is 30.4. The minimum absolute atomic E-state index is 0.0187. The molecule has 1 aromatic carbocycles. The number of hydrogen-bond donors (Lipinski definition) is 1.